The standard InChI is InChI=1S/C10H11N3O4S/c1-7-3-4-9(5-10(7)13(14)15)18(16,17)12-8(2)6-11/h3-5,8,12H,1-2H3. The van der Waals surface area contributed by atoms with Crippen molar-refractivity contribution < 1.29 is 13.3 Å². The second kappa shape index (κ2) is 5.12. The smallest absolute Gasteiger partial charge is 0.258 e. The van der Waals surface area contributed by atoms with Crippen molar-refractivity contribution in [1.82, 2.24) is 4.72 Å². The van der Waals surface area contributed by atoms with Gasteiger partial charge in [-0.05, 0) is 19.9 Å². The van der Waals surface area contributed by atoms with E-state index in [0.717, 1.165) is 6.07 Å². The Morgan fingerprint density at radius 1 is 1.50 bits per heavy atom. The third-order valence-electron chi connectivity index (χ3n) is 2.21. The average molecular weight is 269 g/mol. The zero-order chi connectivity index (χ0) is 13.9. The Balaban J connectivity index is 3.23. The minimum absolute atomic E-state index is 0.234. The molecule has 7 nitrogen and oxygen atoms in total. The van der Waals surface area contributed by atoms with Crippen LogP contribution in [0.3, 0.4) is 0 Å². The molecule has 0 aromatic heterocycles. The molecule has 0 amide bonds. The number of nitriles is 1. The molecule has 0 aliphatic carbocycles. The SMILES string of the molecule is Cc1ccc(S(=O)(=O)NC(C)C#N)cc1[N+](=O)[O-]. The molecule has 0 radical (unpaired) electrons. The van der Waals surface area contributed by atoms with Crippen molar-refractivity contribution in [3.63, 3.8) is 0 Å². The van der Waals surface area contributed by atoms with Gasteiger partial charge in [0.15, 0.2) is 0 Å². The summed E-state index contributed by atoms with van der Waals surface area (Å²) in [5.41, 5.74) is 0.0924. The minimum Gasteiger partial charge on any atom is -0.258 e. The Hall–Kier alpha value is -1.98. The predicted molar refractivity (Wildman–Crippen MR) is 63.2 cm³/mol. The molecular weight excluding hydrogens is 258 g/mol. The molecule has 0 aliphatic heterocycles. The number of rotatable bonds is 4. The Kier molecular flexibility index (Phi) is 4.00. The lowest BCUT2D eigenvalue weighted by Crippen LogP contribution is -2.31. The molecule has 0 fully saturated rings. The van der Waals surface area contributed by atoms with Crippen molar-refractivity contribution in [2.24, 2.45) is 0 Å². The van der Waals surface area contributed by atoms with Crippen LogP contribution in [0.5, 0.6) is 0 Å². The van der Waals surface area contributed by atoms with E-state index in [-0.39, 0.29) is 10.6 Å². The molecule has 0 bridgehead atoms. The molecule has 1 rings (SSSR count). The molecule has 0 saturated heterocycles. The summed E-state index contributed by atoms with van der Waals surface area (Å²) in [4.78, 5) is 9.83. The van der Waals surface area contributed by atoms with Gasteiger partial charge in [0.2, 0.25) is 10.0 Å². The van der Waals surface area contributed by atoms with Crippen molar-refractivity contribution in [1.29, 1.82) is 5.26 Å². The third kappa shape index (κ3) is 3.03. The summed E-state index contributed by atoms with van der Waals surface area (Å²) in [7, 11) is -3.92. The van der Waals surface area contributed by atoms with E-state index in [1.807, 2.05) is 0 Å². The first-order chi connectivity index (χ1) is 8.27. The van der Waals surface area contributed by atoms with Gasteiger partial charge in [0.25, 0.3) is 5.69 Å². The van der Waals surface area contributed by atoms with Gasteiger partial charge in [0.05, 0.1) is 15.9 Å². The second-order valence-electron chi connectivity index (χ2n) is 3.68. The molecular formula is C10H11N3O4S. The molecule has 1 unspecified atom stereocenters. The second-order valence-corrected chi connectivity index (χ2v) is 5.39. The predicted octanol–water partition coefficient (Wildman–Crippen LogP) is 1.09. The number of sulfonamides is 1. The van der Waals surface area contributed by atoms with E-state index in [9.17, 15) is 18.5 Å². The van der Waals surface area contributed by atoms with Crippen molar-refractivity contribution in [2.45, 2.75) is 24.8 Å². The van der Waals surface area contributed by atoms with E-state index in [1.165, 1.54) is 26.0 Å². The number of benzene rings is 1. The van der Waals surface area contributed by atoms with Crippen LogP contribution in [0.25, 0.3) is 0 Å². The summed E-state index contributed by atoms with van der Waals surface area (Å²) in [6, 6.07) is 4.39. The summed E-state index contributed by atoms with van der Waals surface area (Å²) in [5.74, 6) is 0. The molecule has 1 aromatic rings. The highest BCUT2D eigenvalue weighted by molar-refractivity contribution is 7.89. The Labute approximate surface area is 104 Å². The molecule has 1 atom stereocenters. The van der Waals surface area contributed by atoms with Gasteiger partial charge in [-0.25, -0.2) is 8.42 Å². The number of hydrogen-bond donors (Lipinski definition) is 1. The van der Waals surface area contributed by atoms with Crippen LogP contribution in [0.1, 0.15) is 12.5 Å². The lowest BCUT2D eigenvalue weighted by atomic mass is 10.2. The van der Waals surface area contributed by atoms with Crippen LogP contribution in [0.4, 0.5) is 5.69 Å². The van der Waals surface area contributed by atoms with E-state index in [0.29, 0.717) is 5.56 Å². The highest BCUT2D eigenvalue weighted by Crippen LogP contribution is 2.22. The van der Waals surface area contributed by atoms with Crippen LogP contribution in [-0.2, 0) is 10.0 Å². The largest absolute Gasteiger partial charge is 0.273 e. The number of nitro benzene ring substituents is 1. The molecule has 1 N–H and O–H groups in total. The van der Waals surface area contributed by atoms with Crippen molar-refractivity contribution in [3.8, 4) is 6.07 Å². The maximum absolute atomic E-state index is 11.8. The zero-order valence-corrected chi connectivity index (χ0v) is 10.6. The fourth-order valence-corrected chi connectivity index (χ4v) is 2.45. The van der Waals surface area contributed by atoms with Gasteiger partial charge in [0.1, 0.15) is 6.04 Å². The van der Waals surface area contributed by atoms with Gasteiger partial charge in [-0.2, -0.15) is 9.98 Å². The molecule has 1 aromatic carbocycles. The van der Waals surface area contributed by atoms with E-state index in [1.54, 1.807) is 6.07 Å². The Bertz CT molecular complexity index is 619. The fourth-order valence-electron chi connectivity index (χ4n) is 1.28. The van der Waals surface area contributed by atoms with Crippen LogP contribution >= 0.6 is 0 Å². The average Bonchev–Trinajstić information content (AvgIpc) is 2.28. The molecule has 0 aliphatic rings. The van der Waals surface area contributed by atoms with Gasteiger partial charge in [-0.15, -0.1) is 0 Å². The summed E-state index contributed by atoms with van der Waals surface area (Å²) >= 11 is 0. The van der Waals surface area contributed by atoms with Crippen LogP contribution in [0.2, 0.25) is 0 Å². The fraction of sp³-hybridized carbons (Fsp3) is 0.300. The number of nitro groups is 1. The van der Waals surface area contributed by atoms with Crippen LogP contribution in [0, 0.1) is 28.4 Å². The lowest BCUT2D eigenvalue weighted by molar-refractivity contribution is -0.385. The monoisotopic (exact) mass is 269 g/mol. The van der Waals surface area contributed by atoms with Crippen LogP contribution in [0.15, 0.2) is 23.1 Å². The molecule has 96 valence electrons. The van der Waals surface area contributed by atoms with Crippen molar-refractivity contribution >= 4 is 15.7 Å². The normalized spacial score (nSPS) is 12.7. The van der Waals surface area contributed by atoms with Gasteiger partial charge in [-0.1, -0.05) is 6.07 Å². The maximum Gasteiger partial charge on any atom is 0.273 e. The summed E-state index contributed by atoms with van der Waals surface area (Å²) in [6.07, 6.45) is 0. The van der Waals surface area contributed by atoms with E-state index < -0.39 is 21.0 Å². The number of nitrogens with zero attached hydrogens (tertiary/aromatic N) is 2. The van der Waals surface area contributed by atoms with Gasteiger partial charge >= 0.3 is 0 Å². The Morgan fingerprint density at radius 2 is 2.11 bits per heavy atom. The van der Waals surface area contributed by atoms with Crippen molar-refractivity contribution in [2.75, 3.05) is 0 Å². The van der Waals surface area contributed by atoms with E-state index in [4.69, 9.17) is 5.26 Å². The first kappa shape index (κ1) is 14.1. The minimum atomic E-state index is -3.92. The lowest BCUT2D eigenvalue weighted by Gasteiger charge is -2.08. The topological polar surface area (TPSA) is 113 Å². The number of nitrogens with one attached hydrogen (secondary N) is 1. The Morgan fingerprint density at radius 3 is 2.61 bits per heavy atom. The summed E-state index contributed by atoms with van der Waals surface area (Å²) in [6.45, 7) is 2.89. The summed E-state index contributed by atoms with van der Waals surface area (Å²) < 4.78 is 25.7. The summed E-state index contributed by atoms with van der Waals surface area (Å²) in [5, 5.41) is 19.3. The highest BCUT2D eigenvalue weighted by atomic mass is 32.2. The highest BCUT2D eigenvalue weighted by Gasteiger charge is 2.21. The van der Waals surface area contributed by atoms with Gasteiger partial charge in [-0.3, -0.25) is 10.1 Å². The molecule has 0 spiro atoms. The van der Waals surface area contributed by atoms with Gasteiger partial charge in [0, 0.05) is 11.6 Å². The number of hydrogen-bond acceptors (Lipinski definition) is 5. The molecule has 0 heterocycles. The third-order valence-corrected chi connectivity index (χ3v) is 3.75. The van der Waals surface area contributed by atoms with Crippen molar-refractivity contribution in [3.05, 3.63) is 33.9 Å². The molecule has 8 heteroatoms. The van der Waals surface area contributed by atoms with Gasteiger partial charge < -0.3 is 0 Å². The van der Waals surface area contributed by atoms with Crippen LogP contribution in [-0.4, -0.2) is 19.4 Å². The quantitative estimate of drug-likeness (QED) is 0.649. The molecule has 0 saturated carbocycles. The van der Waals surface area contributed by atoms with E-state index in [2.05, 4.69) is 4.72 Å². The maximum atomic E-state index is 11.8. The molecule has 18 heavy (non-hydrogen) atoms. The van der Waals surface area contributed by atoms with E-state index >= 15 is 0 Å². The number of aryl methyl sites for hydroxylation is 1. The first-order valence-corrected chi connectivity index (χ1v) is 6.43. The van der Waals surface area contributed by atoms with Crippen LogP contribution < -0.4 is 4.72 Å². The zero-order valence-electron chi connectivity index (χ0n) is 9.75. The first-order valence-electron chi connectivity index (χ1n) is 4.95.